The first-order valence-electron chi connectivity index (χ1n) is 14.8. The van der Waals surface area contributed by atoms with Crippen LogP contribution in [0.5, 0.6) is 23.0 Å². The first-order valence-corrected chi connectivity index (χ1v) is 16.0. The first kappa shape index (κ1) is 37.0. The van der Waals surface area contributed by atoms with Crippen molar-refractivity contribution in [1.82, 2.24) is 9.71 Å². The zero-order valence-electron chi connectivity index (χ0n) is 27.3. The minimum absolute atomic E-state index is 0.0425. The van der Waals surface area contributed by atoms with E-state index in [-0.39, 0.29) is 65.2 Å². The van der Waals surface area contributed by atoms with Crippen molar-refractivity contribution in [2.24, 2.45) is 0 Å². The Morgan fingerprint density at radius 3 is 2.21 bits per heavy atom. The highest BCUT2D eigenvalue weighted by Gasteiger charge is 2.57. The predicted molar refractivity (Wildman–Crippen MR) is 169 cm³/mol. The molecule has 3 atom stereocenters. The van der Waals surface area contributed by atoms with E-state index in [9.17, 15) is 31.7 Å². The number of fused-ring (bicyclic) bond motifs is 1. The van der Waals surface area contributed by atoms with E-state index in [1.165, 1.54) is 38.5 Å². The number of ketones is 1. The fraction of sp³-hybridized carbons (Fsp3) is 0.455. The number of aromatic nitrogens is 1. The van der Waals surface area contributed by atoms with Gasteiger partial charge in [-0.25, -0.2) is 18.3 Å². The van der Waals surface area contributed by atoms with Crippen LogP contribution in [0.25, 0.3) is 11.3 Å². The average molecular weight is 699 g/mol. The van der Waals surface area contributed by atoms with Gasteiger partial charge in [0, 0.05) is 23.1 Å². The summed E-state index contributed by atoms with van der Waals surface area (Å²) in [7, 11) is 0.897. The molecular weight excluding hydrogens is 660 g/mol. The number of ether oxygens (including phenoxy) is 4. The van der Waals surface area contributed by atoms with Crippen LogP contribution >= 0.6 is 0 Å². The molecule has 10 nitrogen and oxygen atoms in total. The maximum Gasteiger partial charge on any atom is 0.422 e. The lowest BCUT2D eigenvalue weighted by Crippen LogP contribution is -2.47. The number of benzene rings is 2. The molecule has 48 heavy (non-hydrogen) atoms. The summed E-state index contributed by atoms with van der Waals surface area (Å²) in [6.07, 6.45) is -7.23. The van der Waals surface area contributed by atoms with Crippen LogP contribution in [-0.4, -0.2) is 70.2 Å². The Hall–Kier alpha value is -3.79. The van der Waals surface area contributed by atoms with Crippen molar-refractivity contribution in [2.75, 3.05) is 34.0 Å². The number of aliphatic hydroxyl groups is 2. The monoisotopic (exact) mass is 698 g/mol. The largest absolute Gasteiger partial charge is 0.493 e. The molecule has 1 aromatic heterocycles. The van der Waals surface area contributed by atoms with Crippen LogP contribution < -0.4 is 23.7 Å². The molecule has 0 bridgehead atoms. The molecule has 0 fully saturated rings. The van der Waals surface area contributed by atoms with Gasteiger partial charge in [-0.15, -0.1) is 0 Å². The van der Waals surface area contributed by atoms with Crippen LogP contribution in [0.4, 0.5) is 17.6 Å². The Balaban J connectivity index is 1.80. The van der Waals surface area contributed by atoms with Gasteiger partial charge < -0.3 is 29.2 Å². The number of methoxy groups -OCH3 is 2. The van der Waals surface area contributed by atoms with Crippen molar-refractivity contribution in [2.45, 2.75) is 62.6 Å². The molecule has 15 heteroatoms. The van der Waals surface area contributed by atoms with E-state index in [0.717, 1.165) is 18.2 Å². The number of hydrogen-bond acceptors (Lipinski definition) is 9. The number of rotatable bonds is 13. The van der Waals surface area contributed by atoms with Gasteiger partial charge in [0.15, 0.2) is 23.0 Å². The highest BCUT2D eigenvalue weighted by atomic mass is 32.2. The lowest BCUT2D eigenvalue weighted by molar-refractivity contribution is -0.270. The summed E-state index contributed by atoms with van der Waals surface area (Å²) in [5.74, 6) is -1.12. The van der Waals surface area contributed by atoms with E-state index >= 15 is 0 Å². The van der Waals surface area contributed by atoms with Crippen LogP contribution in [0.2, 0.25) is 0 Å². The molecule has 0 saturated carbocycles. The second kappa shape index (κ2) is 14.0. The lowest BCUT2D eigenvalue weighted by Gasteiger charge is -2.32. The number of nitrogens with zero attached hydrogens (tertiary/aromatic N) is 1. The number of Topliss-reactive ketones (excluding diaryl/α,β-unsaturated/α-hetero) is 1. The van der Waals surface area contributed by atoms with Crippen LogP contribution in [0.3, 0.4) is 0 Å². The molecule has 3 N–H and O–H groups in total. The second-order valence-electron chi connectivity index (χ2n) is 12.4. The predicted octanol–water partition coefficient (Wildman–Crippen LogP) is 5.35. The number of halogens is 4. The molecular formula is C33H38F4N2O8S. The number of aliphatic hydroxyl groups excluding tert-OH is 1. The topological polar surface area (TPSA) is 136 Å². The second-order valence-corrected chi connectivity index (χ2v) is 14.4. The summed E-state index contributed by atoms with van der Waals surface area (Å²) >= 11 is 0. The Kier molecular flexibility index (Phi) is 10.8. The van der Waals surface area contributed by atoms with Gasteiger partial charge in [0.2, 0.25) is 11.4 Å². The minimum atomic E-state index is -5.32. The molecule has 2 aromatic carbocycles. The molecule has 0 spiro atoms. The number of hydrogen-bond donors (Lipinski definition) is 3. The van der Waals surface area contributed by atoms with E-state index in [2.05, 4.69) is 9.71 Å². The van der Waals surface area contributed by atoms with Gasteiger partial charge in [0.1, 0.15) is 24.7 Å². The maximum absolute atomic E-state index is 14.9. The number of carbonyl (C=O) groups is 1. The van der Waals surface area contributed by atoms with Crippen molar-refractivity contribution in [3.63, 3.8) is 0 Å². The van der Waals surface area contributed by atoms with E-state index in [0.29, 0.717) is 0 Å². The Bertz CT molecular complexity index is 1650. The zero-order chi connectivity index (χ0) is 35.7. The SMILES string of the molecule is COc1cc(C(=O)CC[C@@](O)(c2cc3c(c(-c4ccc(F)cc4)n2)OC[C@@]3(C)NS(=O)C(C)(C)C)C(F)(F)F)cc(OC)c1OCCO. The highest BCUT2D eigenvalue weighted by molar-refractivity contribution is 7.84. The van der Waals surface area contributed by atoms with Crippen molar-refractivity contribution in [3.8, 4) is 34.3 Å². The molecule has 1 unspecified atom stereocenters. The van der Waals surface area contributed by atoms with Crippen LogP contribution in [0.15, 0.2) is 42.5 Å². The standard InChI is InChI=1S/C33H38F4N2O8S/c1-30(2,3)48(43)39-31(4)18-47-28-22(31)17-26(38-27(28)19-7-9-21(34)10-8-19)32(42,33(35,36)37)12-11-23(41)20-15-24(44-5)29(46-14-13-40)25(16-20)45-6/h7-10,15-17,39-40,42H,11-14,18H2,1-6H3/t31-,32-,48?/m1/s1. The van der Waals surface area contributed by atoms with Crippen LogP contribution in [-0.2, 0) is 22.1 Å². The van der Waals surface area contributed by atoms with Crippen molar-refractivity contribution >= 4 is 16.8 Å². The number of nitrogens with one attached hydrogen (secondary N) is 1. The van der Waals surface area contributed by atoms with E-state index in [4.69, 9.17) is 24.1 Å². The van der Waals surface area contributed by atoms with Crippen molar-refractivity contribution in [1.29, 1.82) is 0 Å². The van der Waals surface area contributed by atoms with Gasteiger partial charge in [-0.2, -0.15) is 13.2 Å². The van der Waals surface area contributed by atoms with Crippen molar-refractivity contribution < 1.29 is 55.7 Å². The van der Waals surface area contributed by atoms with E-state index in [1.54, 1.807) is 27.7 Å². The Morgan fingerprint density at radius 2 is 1.69 bits per heavy atom. The molecule has 1 aliphatic heterocycles. The van der Waals surface area contributed by atoms with Gasteiger partial charge in [-0.3, -0.25) is 4.79 Å². The summed E-state index contributed by atoms with van der Waals surface area (Å²) in [4.78, 5) is 17.6. The smallest absolute Gasteiger partial charge is 0.422 e. The van der Waals surface area contributed by atoms with Crippen LogP contribution in [0, 0.1) is 5.82 Å². The molecule has 1 aliphatic rings. The van der Waals surface area contributed by atoms with Gasteiger partial charge in [-0.05, 0) is 76.6 Å². The van der Waals surface area contributed by atoms with Gasteiger partial charge >= 0.3 is 6.18 Å². The number of carbonyl (C=O) groups excluding carboxylic acids is 1. The Labute approximate surface area is 278 Å². The summed E-state index contributed by atoms with van der Waals surface area (Å²) < 4.78 is 95.8. The lowest BCUT2D eigenvalue weighted by atomic mass is 9.86. The van der Waals surface area contributed by atoms with E-state index < -0.39 is 63.2 Å². The zero-order valence-corrected chi connectivity index (χ0v) is 28.1. The number of alkyl halides is 3. The van der Waals surface area contributed by atoms with Crippen molar-refractivity contribution in [3.05, 3.63) is 65.1 Å². The maximum atomic E-state index is 14.9. The molecule has 2 heterocycles. The fourth-order valence-corrected chi connectivity index (χ4v) is 5.91. The average Bonchev–Trinajstić information content (AvgIpc) is 3.36. The molecule has 0 aliphatic carbocycles. The Morgan fingerprint density at radius 1 is 1.08 bits per heavy atom. The molecule has 0 radical (unpaired) electrons. The summed E-state index contributed by atoms with van der Waals surface area (Å²) in [6.45, 7) is 6.20. The fourth-order valence-electron chi connectivity index (χ4n) is 5.03. The third-order valence-electron chi connectivity index (χ3n) is 7.79. The van der Waals surface area contributed by atoms with Crippen LogP contribution in [0.1, 0.15) is 62.2 Å². The molecule has 4 rings (SSSR count). The van der Waals surface area contributed by atoms with E-state index in [1.807, 2.05) is 0 Å². The van der Waals surface area contributed by atoms with Gasteiger partial charge in [0.05, 0.1) is 47.8 Å². The summed E-state index contributed by atoms with van der Waals surface area (Å²) in [6, 6.07) is 8.39. The quantitative estimate of drug-likeness (QED) is 0.160. The molecule has 0 saturated heterocycles. The van der Waals surface area contributed by atoms with Gasteiger partial charge in [0.25, 0.3) is 0 Å². The van der Waals surface area contributed by atoms with Gasteiger partial charge in [-0.1, -0.05) is 0 Å². The third kappa shape index (κ3) is 7.43. The number of pyridine rings is 1. The highest BCUT2D eigenvalue weighted by Crippen LogP contribution is 2.49. The normalized spacial score (nSPS) is 18.0. The molecule has 262 valence electrons. The molecule has 3 aromatic rings. The summed E-state index contributed by atoms with van der Waals surface area (Å²) in [5, 5.41) is 20.6. The minimum Gasteiger partial charge on any atom is -0.493 e. The summed E-state index contributed by atoms with van der Waals surface area (Å²) in [5.41, 5.74) is -5.58. The third-order valence-corrected chi connectivity index (χ3v) is 9.54. The first-order chi connectivity index (χ1) is 22.4. The molecule has 0 amide bonds.